The average molecular weight is 444 g/mol. The molecule has 3 aromatic rings. The number of nitrogens with one attached hydrogen (secondary N) is 1. The molecule has 1 saturated carbocycles. The second-order valence-corrected chi connectivity index (χ2v) is 9.64. The summed E-state index contributed by atoms with van der Waals surface area (Å²) in [5.41, 5.74) is 2.82. The van der Waals surface area contributed by atoms with E-state index in [0.717, 1.165) is 29.2 Å². The zero-order valence-corrected chi connectivity index (χ0v) is 18.8. The average Bonchev–Trinajstić information content (AvgIpc) is 3.51. The molecule has 0 atom stereocenters. The molecule has 1 aliphatic carbocycles. The van der Waals surface area contributed by atoms with Crippen LogP contribution >= 0.6 is 0 Å². The van der Waals surface area contributed by atoms with Gasteiger partial charge in [0.1, 0.15) is 11.6 Å². The van der Waals surface area contributed by atoms with Gasteiger partial charge in [0.25, 0.3) is 0 Å². The fourth-order valence-electron chi connectivity index (χ4n) is 3.64. The molecule has 2 aromatic carbocycles. The number of hydrogen-bond acceptors (Lipinski definition) is 5. The smallest absolute Gasteiger partial charge is 0.240 e. The Morgan fingerprint density at radius 1 is 1.16 bits per heavy atom. The first-order valence-electron chi connectivity index (χ1n) is 10.7. The van der Waals surface area contributed by atoms with Crippen LogP contribution < -0.4 is 9.46 Å². The van der Waals surface area contributed by atoms with E-state index in [1.807, 2.05) is 25.1 Å². The zero-order valence-electron chi connectivity index (χ0n) is 18.0. The number of imidazole rings is 1. The summed E-state index contributed by atoms with van der Waals surface area (Å²) < 4.78 is 40.5. The third kappa shape index (κ3) is 5.26. The van der Waals surface area contributed by atoms with Crippen molar-refractivity contribution in [3.63, 3.8) is 0 Å². The summed E-state index contributed by atoms with van der Waals surface area (Å²) in [5, 5.41) is 0. The second kappa shape index (κ2) is 9.38. The molecule has 1 N–H and O–H groups in total. The van der Waals surface area contributed by atoms with Gasteiger partial charge < -0.3 is 14.0 Å². The standard InChI is InChI=1S/C23H29N3O4S/c1-3-30-19-8-6-17(7-9-19)14-23-25-21-15-20(31(27,28)24-12-13-29-2)10-11-22(21)26(23)16-18-4-5-18/h6-11,15,18,24H,3-5,12-14,16H2,1-2H3. The molecule has 0 saturated heterocycles. The molecular formula is C23H29N3O4S. The Morgan fingerprint density at radius 2 is 1.94 bits per heavy atom. The first-order valence-corrected chi connectivity index (χ1v) is 12.2. The summed E-state index contributed by atoms with van der Waals surface area (Å²) in [4.78, 5) is 5.05. The quantitative estimate of drug-likeness (QED) is 0.460. The van der Waals surface area contributed by atoms with Crippen LogP contribution in [-0.2, 0) is 27.7 Å². The molecule has 4 rings (SSSR count). The van der Waals surface area contributed by atoms with E-state index in [2.05, 4.69) is 21.4 Å². The Kier molecular flexibility index (Phi) is 6.60. The minimum Gasteiger partial charge on any atom is -0.494 e. The summed E-state index contributed by atoms with van der Waals surface area (Å²) in [6, 6.07) is 13.3. The van der Waals surface area contributed by atoms with E-state index in [0.29, 0.717) is 31.1 Å². The van der Waals surface area contributed by atoms with E-state index in [1.54, 1.807) is 19.2 Å². The third-order valence-corrected chi connectivity index (χ3v) is 6.90. The van der Waals surface area contributed by atoms with Gasteiger partial charge in [-0.05, 0) is 61.6 Å². The number of hydrogen-bond donors (Lipinski definition) is 1. The molecular weight excluding hydrogens is 414 g/mol. The maximum absolute atomic E-state index is 12.6. The maximum Gasteiger partial charge on any atom is 0.240 e. The van der Waals surface area contributed by atoms with Crippen molar-refractivity contribution in [2.45, 2.75) is 37.6 Å². The van der Waals surface area contributed by atoms with Crippen LogP contribution in [-0.4, -0.2) is 44.8 Å². The highest BCUT2D eigenvalue weighted by Gasteiger charge is 2.25. The molecule has 1 fully saturated rings. The summed E-state index contributed by atoms with van der Waals surface area (Å²) >= 11 is 0. The SMILES string of the molecule is CCOc1ccc(Cc2nc3cc(S(=O)(=O)NCCOC)ccc3n2CC2CC2)cc1. The molecule has 7 nitrogen and oxygen atoms in total. The van der Waals surface area contributed by atoms with Crippen LogP contribution in [0.1, 0.15) is 31.2 Å². The lowest BCUT2D eigenvalue weighted by atomic mass is 10.1. The Hall–Kier alpha value is -2.42. The number of methoxy groups -OCH3 is 1. The largest absolute Gasteiger partial charge is 0.494 e. The van der Waals surface area contributed by atoms with E-state index in [1.165, 1.54) is 12.8 Å². The van der Waals surface area contributed by atoms with Crippen molar-refractivity contribution < 1.29 is 17.9 Å². The molecule has 1 heterocycles. The number of rotatable bonds is 11. The Morgan fingerprint density at radius 3 is 2.61 bits per heavy atom. The highest BCUT2D eigenvalue weighted by molar-refractivity contribution is 7.89. The van der Waals surface area contributed by atoms with E-state index in [9.17, 15) is 8.42 Å². The van der Waals surface area contributed by atoms with Gasteiger partial charge in [0.15, 0.2) is 0 Å². The van der Waals surface area contributed by atoms with Crippen molar-refractivity contribution in [3.05, 3.63) is 53.9 Å². The van der Waals surface area contributed by atoms with Crippen LogP contribution in [0.15, 0.2) is 47.4 Å². The lowest BCUT2D eigenvalue weighted by Crippen LogP contribution is -2.27. The van der Waals surface area contributed by atoms with Crippen molar-refractivity contribution in [2.24, 2.45) is 5.92 Å². The lowest BCUT2D eigenvalue weighted by molar-refractivity contribution is 0.204. The second-order valence-electron chi connectivity index (χ2n) is 7.88. The van der Waals surface area contributed by atoms with Gasteiger partial charge in [0, 0.05) is 26.6 Å². The van der Waals surface area contributed by atoms with E-state index in [4.69, 9.17) is 14.5 Å². The topological polar surface area (TPSA) is 82.4 Å². The fourth-order valence-corrected chi connectivity index (χ4v) is 4.67. The lowest BCUT2D eigenvalue weighted by Gasteiger charge is -2.10. The molecule has 8 heteroatoms. The molecule has 1 aliphatic rings. The van der Waals surface area contributed by atoms with Crippen molar-refractivity contribution in [2.75, 3.05) is 26.9 Å². The zero-order chi connectivity index (χ0) is 21.8. The van der Waals surface area contributed by atoms with Crippen LogP contribution in [0.3, 0.4) is 0 Å². The van der Waals surface area contributed by atoms with Gasteiger partial charge in [0.2, 0.25) is 10.0 Å². The van der Waals surface area contributed by atoms with Crippen LogP contribution in [0.2, 0.25) is 0 Å². The number of sulfonamides is 1. The predicted octanol–water partition coefficient (Wildman–Crippen LogP) is 3.36. The first-order chi connectivity index (χ1) is 15.0. The van der Waals surface area contributed by atoms with Gasteiger partial charge in [-0.25, -0.2) is 18.1 Å². The van der Waals surface area contributed by atoms with Crippen LogP contribution in [0.4, 0.5) is 0 Å². The minimum atomic E-state index is -3.60. The molecule has 0 spiro atoms. The van der Waals surface area contributed by atoms with Crippen molar-refractivity contribution in [1.29, 1.82) is 0 Å². The number of aromatic nitrogens is 2. The summed E-state index contributed by atoms with van der Waals surface area (Å²) in [6.45, 7) is 4.08. The fraction of sp³-hybridized carbons (Fsp3) is 0.435. The number of nitrogens with zero attached hydrogens (tertiary/aromatic N) is 2. The molecule has 0 amide bonds. The van der Waals surface area contributed by atoms with Crippen molar-refractivity contribution >= 4 is 21.1 Å². The molecule has 0 aliphatic heterocycles. The van der Waals surface area contributed by atoms with Crippen molar-refractivity contribution in [1.82, 2.24) is 14.3 Å². The van der Waals surface area contributed by atoms with E-state index in [-0.39, 0.29) is 11.4 Å². The molecule has 1 aromatic heterocycles. The van der Waals surface area contributed by atoms with Gasteiger partial charge in [0.05, 0.1) is 29.1 Å². The molecule has 0 unspecified atom stereocenters. The monoisotopic (exact) mass is 443 g/mol. The number of fused-ring (bicyclic) bond motifs is 1. The summed E-state index contributed by atoms with van der Waals surface area (Å²) in [7, 11) is -2.06. The molecule has 31 heavy (non-hydrogen) atoms. The molecule has 0 radical (unpaired) electrons. The highest BCUT2D eigenvalue weighted by atomic mass is 32.2. The van der Waals surface area contributed by atoms with Crippen molar-refractivity contribution in [3.8, 4) is 5.75 Å². The molecule has 0 bridgehead atoms. The van der Waals surface area contributed by atoms with Crippen LogP contribution in [0.25, 0.3) is 11.0 Å². The third-order valence-electron chi connectivity index (χ3n) is 5.44. The van der Waals surface area contributed by atoms with E-state index < -0.39 is 10.0 Å². The van der Waals surface area contributed by atoms with Crippen LogP contribution in [0.5, 0.6) is 5.75 Å². The summed E-state index contributed by atoms with van der Waals surface area (Å²) in [5.74, 6) is 2.48. The Bertz CT molecular complexity index is 1140. The number of ether oxygens (including phenoxy) is 2. The number of benzene rings is 2. The van der Waals surface area contributed by atoms with Gasteiger partial charge in [-0.15, -0.1) is 0 Å². The summed E-state index contributed by atoms with van der Waals surface area (Å²) in [6.07, 6.45) is 3.15. The van der Waals surface area contributed by atoms with Crippen LogP contribution in [0, 0.1) is 5.92 Å². The van der Waals surface area contributed by atoms with Gasteiger partial charge in [-0.3, -0.25) is 0 Å². The molecule has 166 valence electrons. The normalized spacial score (nSPS) is 14.3. The maximum atomic E-state index is 12.6. The minimum absolute atomic E-state index is 0.222. The predicted molar refractivity (Wildman–Crippen MR) is 120 cm³/mol. The van der Waals surface area contributed by atoms with Gasteiger partial charge in [-0.1, -0.05) is 12.1 Å². The van der Waals surface area contributed by atoms with Gasteiger partial charge >= 0.3 is 0 Å². The Balaban J connectivity index is 1.64. The Labute approximate surface area is 183 Å². The van der Waals surface area contributed by atoms with E-state index >= 15 is 0 Å². The first kappa shape index (κ1) is 21.8. The van der Waals surface area contributed by atoms with Gasteiger partial charge in [-0.2, -0.15) is 0 Å². The highest BCUT2D eigenvalue weighted by Crippen LogP contribution is 2.33.